The molecule has 0 atom stereocenters. The number of hydrogen-bond donors (Lipinski definition) is 1. The van der Waals surface area contributed by atoms with E-state index in [1.807, 2.05) is 18.2 Å². The van der Waals surface area contributed by atoms with Crippen molar-refractivity contribution in [3.8, 4) is 5.75 Å². The van der Waals surface area contributed by atoms with Gasteiger partial charge in [0.2, 0.25) is 0 Å². The standard InChI is InChI=1S/C17H26N2O2/c1-4-10-19-12-17(2,3)21-16-8-7-13(11-14(16)19)15(20)6-5-9-18/h7-8,11H,4-6,9-10,12,18H2,1-3H3. The van der Waals surface area contributed by atoms with Crippen molar-refractivity contribution in [1.29, 1.82) is 0 Å². The van der Waals surface area contributed by atoms with Crippen LogP contribution in [0.5, 0.6) is 5.75 Å². The minimum Gasteiger partial charge on any atom is -0.484 e. The normalized spacial score (nSPS) is 16.3. The van der Waals surface area contributed by atoms with Crippen LogP contribution in [0.2, 0.25) is 0 Å². The number of hydrogen-bond acceptors (Lipinski definition) is 4. The van der Waals surface area contributed by atoms with E-state index in [4.69, 9.17) is 10.5 Å². The number of rotatable bonds is 6. The van der Waals surface area contributed by atoms with Crippen LogP contribution in [0.25, 0.3) is 0 Å². The van der Waals surface area contributed by atoms with Crippen LogP contribution in [0.1, 0.15) is 50.4 Å². The van der Waals surface area contributed by atoms with Crippen molar-refractivity contribution in [1.82, 2.24) is 0 Å². The first-order valence-electron chi connectivity index (χ1n) is 7.78. The molecule has 1 aromatic carbocycles. The van der Waals surface area contributed by atoms with Crippen LogP contribution >= 0.6 is 0 Å². The van der Waals surface area contributed by atoms with E-state index in [0.717, 1.165) is 42.9 Å². The maximum Gasteiger partial charge on any atom is 0.163 e. The van der Waals surface area contributed by atoms with Crippen molar-refractivity contribution in [3.63, 3.8) is 0 Å². The summed E-state index contributed by atoms with van der Waals surface area (Å²) in [6, 6.07) is 5.76. The third kappa shape index (κ3) is 3.76. The fraction of sp³-hybridized carbons (Fsp3) is 0.588. The van der Waals surface area contributed by atoms with Gasteiger partial charge in [-0.2, -0.15) is 0 Å². The van der Waals surface area contributed by atoms with E-state index in [1.165, 1.54) is 0 Å². The molecule has 1 heterocycles. The van der Waals surface area contributed by atoms with Gasteiger partial charge >= 0.3 is 0 Å². The molecule has 4 heteroatoms. The summed E-state index contributed by atoms with van der Waals surface area (Å²) < 4.78 is 6.04. The van der Waals surface area contributed by atoms with E-state index in [2.05, 4.69) is 25.7 Å². The molecule has 0 aromatic heterocycles. The maximum atomic E-state index is 12.2. The predicted molar refractivity (Wildman–Crippen MR) is 86.3 cm³/mol. The fourth-order valence-electron chi connectivity index (χ4n) is 2.78. The van der Waals surface area contributed by atoms with Crippen LogP contribution in [0.4, 0.5) is 5.69 Å². The number of nitrogens with zero attached hydrogens (tertiary/aromatic N) is 1. The van der Waals surface area contributed by atoms with E-state index >= 15 is 0 Å². The third-order valence-electron chi connectivity index (χ3n) is 3.68. The van der Waals surface area contributed by atoms with Gasteiger partial charge in [0.25, 0.3) is 0 Å². The van der Waals surface area contributed by atoms with Crippen LogP contribution in [-0.4, -0.2) is 31.0 Å². The average molecular weight is 290 g/mol. The van der Waals surface area contributed by atoms with Crippen molar-refractivity contribution >= 4 is 11.5 Å². The Morgan fingerprint density at radius 2 is 2.19 bits per heavy atom. The first kappa shape index (κ1) is 15.8. The zero-order valence-electron chi connectivity index (χ0n) is 13.3. The fourth-order valence-corrected chi connectivity index (χ4v) is 2.78. The second kappa shape index (κ2) is 6.48. The molecule has 0 radical (unpaired) electrons. The van der Waals surface area contributed by atoms with Gasteiger partial charge in [-0.1, -0.05) is 6.92 Å². The van der Waals surface area contributed by atoms with E-state index in [0.29, 0.717) is 13.0 Å². The Labute approximate surface area is 127 Å². The van der Waals surface area contributed by atoms with Gasteiger partial charge in [-0.25, -0.2) is 0 Å². The molecule has 0 amide bonds. The molecule has 0 aliphatic carbocycles. The highest BCUT2D eigenvalue weighted by molar-refractivity contribution is 5.97. The highest BCUT2D eigenvalue weighted by Crippen LogP contribution is 2.37. The summed E-state index contributed by atoms with van der Waals surface area (Å²) >= 11 is 0. The highest BCUT2D eigenvalue weighted by Gasteiger charge is 2.31. The minimum atomic E-state index is -0.201. The molecular weight excluding hydrogens is 264 g/mol. The minimum absolute atomic E-state index is 0.157. The lowest BCUT2D eigenvalue weighted by Crippen LogP contribution is -2.47. The molecule has 2 N–H and O–H groups in total. The summed E-state index contributed by atoms with van der Waals surface area (Å²) in [5.41, 5.74) is 7.07. The molecule has 1 aromatic rings. The molecule has 4 nitrogen and oxygen atoms in total. The Morgan fingerprint density at radius 1 is 1.43 bits per heavy atom. The molecular formula is C17H26N2O2. The van der Waals surface area contributed by atoms with Gasteiger partial charge in [0, 0.05) is 18.5 Å². The zero-order chi connectivity index (χ0) is 15.5. The third-order valence-corrected chi connectivity index (χ3v) is 3.68. The largest absolute Gasteiger partial charge is 0.484 e. The molecule has 2 rings (SSSR count). The van der Waals surface area contributed by atoms with Crippen LogP contribution in [0.3, 0.4) is 0 Å². The zero-order valence-corrected chi connectivity index (χ0v) is 13.3. The summed E-state index contributed by atoms with van der Waals surface area (Å²) in [7, 11) is 0. The van der Waals surface area contributed by atoms with E-state index in [1.54, 1.807) is 0 Å². The predicted octanol–water partition coefficient (Wildman–Crippen LogP) is 3.00. The lowest BCUT2D eigenvalue weighted by atomic mass is 10.0. The molecule has 21 heavy (non-hydrogen) atoms. The van der Waals surface area contributed by atoms with Crippen molar-refractivity contribution in [2.45, 2.75) is 45.6 Å². The topological polar surface area (TPSA) is 55.6 Å². The van der Waals surface area contributed by atoms with Gasteiger partial charge in [0.1, 0.15) is 11.4 Å². The van der Waals surface area contributed by atoms with Crippen LogP contribution < -0.4 is 15.4 Å². The smallest absolute Gasteiger partial charge is 0.163 e. The Balaban J connectivity index is 2.28. The number of ketones is 1. The number of Topliss-reactive ketones (excluding diaryl/α,β-unsaturated/α-hetero) is 1. The molecule has 0 saturated carbocycles. The molecule has 1 aliphatic heterocycles. The first-order chi connectivity index (χ1) is 9.96. The number of ether oxygens (including phenoxy) is 1. The van der Waals surface area contributed by atoms with Gasteiger partial charge in [-0.05, 0) is 51.4 Å². The maximum absolute atomic E-state index is 12.2. The SMILES string of the molecule is CCCN1CC(C)(C)Oc2ccc(C(=O)CCCN)cc21. The van der Waals surface area contributed by atoms with E-state index in [9.17, 15) is 4.79 Å². The van der Waals surface area contributed by atoms with Crippen LogP contribution in [0.15, 0.2) is 18.2 Å². The molecule has 0 unspecified atom stereocenters. The van der Waals surface area contributed by atoms with Crippen molar-refractivity contribution in [2.24, 2.45) is 5.73 Å². The van der Waals surface area contributed by atoms with Crippen LogP contribution in [0, 0.1) is 0 Å². The Kier molecular flexibility index (Phi) is 4.88. The van der Waals surface area contributed by atoms with Gasteiger partial charge < -0.3 is 15.4 Å². The lowest BCUT2D eigenvalue weighted by molar-refractivity contribution is 0.0979. The van der Waals surface area contributed by atoms with E-state index in [-0.39, 0.29) is 11.4 Å². The number of benzene rings is 1. The van der Waals surface area contributed by atoms with Gasteiger partial charge in [0.15, 0.2) is 5.78 Å². The van der Waals surface area contributed by atoms with Crippen LogP contribution in [-0.2, 0) is 0 Å². The second-order valence-electron chi connectivity index (χ2n) is 6.28. The Morgan fingerprint density at radius 3 is 2.86 bits per heavy atom. The molecule has 0 fully saturated rings. The van der Waals surface area contributed by atoms with Gasteiger partial charge in [0.05, 0.1) is 12.2 Å². The Bertz CT molecular complexity index is 512. The number of anilines is 1. The summed E-state index contributed by atoms with van der Waals surface area (Å²) in [6.45, 7) is 8.72. The lowest BCUT2D eigenvalue weighted by Gasteiger charge is -2.41. The summed E-state index contributed by atoms with van der Waals surface area (Å²) in [5.74, 6) is 1.03. The van der Waals surface area contributed by atoms with Gasteiger partial charge in [-0.15, -0.1) is 0 Å². The molecule has 1 aliphatic rings. The van der Waals surface area contributed by atoms with Crippen molar-refractivity contribution in [2.75, 3.05) is 24.5 Å². The molecule has 0 spiro atoms. The van der Waals surface area contributed by atoms with Gasteiger partial charge in [-0.3, -0.25) is 4.79 Å². The molecule has 0 saturated heterocycles. The summed E-state index contributed by atoms with van der Waals surface area (Å²) in [4.78, 5) is 14.5. The Hall–Kier alpha value is -1.55. The second-order valence-corrected chi connectivity index (χ2v) is 6.28. The average Bonchev–Trinajstić information content (AvgIpc) is 2.43. The quantitative estimate of drug-likeness (QED) is 0.818. The van der Waals surface area contributed by atoms with Crippen molar-refractivity contribution < 1.29 is 9.53 Å². The van der Waals surface area contributed by atoms with E-state index < -0.39 is 0 Å². The monoisotopic (exact) mass is 290 g/mol. The number of fused-ring (bicyclic) bond motifs is 1. The summed E-state index contributed by atoms with van der Waals surface area (Å²) in [6.07, 6.45) is 2.31. The molecule has 116 valence electrons. The first-order valence-corrected chi connectivity index (χ1v) is 7.78. The highest BCUT2D eigenvalue weighted by atomic mass is 16.5. The summed E-state index contributed by atoms with van der Waals surface area (Å²) in [5, 5.41) is 0. The van der Waals surface area contributed by atoms with Crippen molar-refractivity contribution in [3.05, 3.63) is 23.8 Å². The molecule has 0 bridgehead atoms. The number of carbonyl (C=O) groups is 1. The number of nitrogens with two attached hydrogens (primary N) is 1. The number of carbonyl (C=O) groups excluding carboxylic acids is 1.